The standard InChI is InChI=1S/C10H17NO4/c1-9(2,3)15-7(12)6-4-10(11,5-6)8(13)14/h6H,4-5,11H2,1-3H3,(H,13,14). The highest BCUT2D eigenvalue weighted by Crippen LogP contribution is 2.37. The Morgan fingerprint density at radius 3 is 2.20 bits per heavy atom. The molecule has 1 fully saturated rings. The third-order valence-electron chi connectivity index (χ3n) is 2.39. The number of carboxylic acid groups (broad SMARTS) is 1. The molecule has 0 radical (unpaired) electrons. The highest BCUT2D eigenvalue weighted by atomic mass is 16.6. The maximum Gasteiger partial charge on any atom is 0.323 e. The number of ether oxygens (including phenoxy) is 1. The lowest BCUT2D eigenvalue weighted by molar-refractivity contribution is -0.169. The Kier molecular flexibility index (Phi) is 2.78. The van der Waals surface area contributed by atoms with Crippen molar-refractivity contribution in [2.24, 2.45) is 11.7 Å². The Labute approximate surface area is 88.6 Å². The summed E-state index contributed by atoms with van der Waals surface area (Å²) in [6, 6.07) is 0. The van der Waals surface area contributed by atoms with Crippen LogP contribution in [0.2, 0.25) is 0 Å². The van der Waals surface area contributed by atoms with Crippen LogP contribution in [-0.2, 0) is 14.3 Å². The average Bonchev–Trinajstić information content (AvgIpc) is 1.94. The molecular formula is C10H17NO4. The topological polar surface area (TPSA) is 89.6 Å². The first-order valence-electron chi connectivity index (χ1n) is 4.89. The third-order valence-corrected chi connectivity index (χ3v) is 2.39. The van der Waals surface area contributed by atoms with Crippen LogP contribution in [0.25, 0.3) is 0 Å². The van der Waals surface area contributed by atoms with E-state index in [1.807, 2.05) is 0 Å². The highest BCUT2D eigenvalue weighted by molar-refractivity contribution is 5.85. The largest absolute Gasteiger partial charge is 0.480 e. The van der Waals surface area contributed by atoms with Crippen LogP contribution in [0.15, 0.2) is 0 Å². The van der Waals surface area contributed by atoms with Crippen molar-refractivity contribution < 1.29 is 19.4 Å². The lowest BCUT2D eigenvalue weighted by Gasteiger charge is -2.40. The summed E-state index contributed by atoms with van der Waals surface area (Å²) in [6.07, 6.45) is 0.328. The van der Waals surface area contributed by atoms with Crippen LogP contribution in [0, 0.1) is 5.92 Å². The molecule has 3 N–H and O–H groups in total. The first-order chi connectivity index (χ1) is 6.64. The first kappa shape index (κ1) is 12.0. The molecule has 0 aromatic heterocycles. The zero-order chi connectivity index (χ0) is 11.9. The number of esters is 1. The fourth-order valence-electron chi connectivity index (χ4n) is 1.55. The van der Waals surface area contributed by atoms with Gasteiger partial charge in [-0.3, -0.25) is 9.59 Å². The second kappa shape index (κ2) is 3.48. The van der Waals surface area contributed by atoms with Gasteiger partial charge in [0.2, 0.25) is 0 Å². The van der Waals surface area contributed by atoms with E-state index in [2.05, 4.69) is 0 Å². The Balaban J connectivity index is 2.46. The maximum absolute atomic E-state index is 11.5. The van der Waals surface area contributed by atoms with E-state index in [0.717, 1.165) is 0 Å². The normalized spacial score (nSPS) is 30.5. The van der Waals surface area contributed by atoms with Gasteiger partial charge >= 0.3 is 11.9 Å². The molecule has 1 aliphatic rings. The summed E-state index contributed by atoms with van der Waals surface area (Å²) in [5.41, 5.74) is 3.76. The minimum absolute atomic E-state index is 0.164. The van der Waals surface area contributed by atoms with Gasteiger partial charge in [-0.05, 0) is 33.6 Å². The number of carbonyl (C=O) groups excluding carboxylic acids is 1. The van der Waals surface area contributed by atoms with Crippen molar-refractivity contribution in [1.29, 1.82) is 0 Å². The first-order valence-corrected chi connectivity index (χ1v) is 4.89. The van der Waals surface area contributed by atoms with Crippen LogP contribution in [-0.4, -0.2) is 28.2 Å². The molecule has 0 aromatic rings. The fourth-order valence-corrected chi connectivity index (χ4v) is 1.55. The van der Waals surface area contributed by atoms with Crippen molar-refractivity contribution in [3.8, 4) is 0 Å². The lowest BCUT2D eigenvalue weighted by atomic mass is 9.69. The van der Waals surface area contributed by atoms with Crippen LogP contribution in [0.1, 0.15) is 33.6 Å². The van der Waals surface area contributed by atoms with E-state index in [0.29, 0.717) is 0 Å². The molecule has 0 saturated heterocycles. The van der Waals surface area contributed by atoms with Gasteiger partial charge in [-0.1, -0.05) is 0 Å². The average molecular weight is 215 g/mol. The van der Waals surface area contributed by atoms with Crippen LogP contribution < -0.4 is 5.73 Å². The number of carbonyl (C=O) groups is 2. The second-order valence-corrected chi connectivity index (χ2v) is 5.10. The van der Waals surface area contributed by atoms with E-state index >= 15 is 0 Å². The van der Waals surface area contributed by atoms with E-state index in [1.165, 1.54) is 0 Å². The van der Waals surface area contributed by atoms with Crippen LogP contribution >= 0.6 is 0 Å². The number of hydrogen-bond acceptors (Lipinski definition) is 4. The Hall–Kier alpha value is -1.10. The monoisotopic (exact) mass is 215 g/mol. The van der Waals surface area contributed by atoms with E-state index in [-0.39, 0.29) is 24.7 Å². The van der Waals surface area contributed by atoms with Gasteiger partial charge in [0.1, 0.15) is 11.1 Å². The quantitative estimate of drug-likeness (QED) is 0.655. The minimum Gasteiger partial charge on any atom is -0.480 e. The predicted molar refractivity (Wildman–Crippen MR) is 53.1 cm³/mol. The summed E-state index contributed by atoms with van der Waals surface area (Å²) in [6.45, 7) is 5.32. The van der Waals surface area contributed by atoms with Gasteiger partial charge in [-0.25, -0.2) is 0 Å². The second-order valence-electron chi connectivity index (χ2n) is 5.10. The third kappa shape index (κ3) is 2.68. The molecule has 5 heteroatoms. The van der Waals surface area contributed by atoms with Crippen molar-refractivity contribution >= 4 is 11.9 Å². The molecule has 15 heavy (non-hydrogen) atoms. The number of carboxylic acids is 1. The number of aliphatic carboxylic acids is 1. The minimum atomic E-state index is -1.23. The van der Waals surface area contributed by atoms with Crippen LogP contribution in [0.5, 0.6) is 0 Å². The molecule has 0 amide bonds. The number of hydrogen-bond donors (Lipinski definition) is 2. The number of nitrogens with two attached hydrogens (primary N) is 1. The van der Waals surface area contributed by atoms with E-state index in [1.54, 1.807) is 20.8 Å². The molecule has 86 valence electrons. The van der Waals surface area contributed by atoms with Gasteiger partial charge in [-0.2, -0.15) is 0 Å². The molecule has 1 aliphatic carbocycles. The number of rotatable bonds is 2. The molecule has 1 saturated carbocycles. The molecule has 0 atom stereocenters. The van der Waals surface area contributed by atoms with Crippen molar-refractivity contribution in [3.63, 3.8) is 0 Å². The summed E-state index contributed by atoms with van der Waals surface area (Å²) in [5, 5.41) is 8.75. The van der Waals surface area contributed by atoms with E-state index < -0.39 is 17.1 Å². The van der Waals surface area contributed by atoms with Gasteiger partial charge in [0, 0.05) is 0 Å². The molecule has 1 rings (SSSR count). The smallest absolute Gasteiger partial charge is 0.323 e. The van der Waals surface area contributed by atoms with Gasteiger partial charge in [0.25, 0.3) is 0 Å². The van der Waals surface area contributed by atoms with Gasteiger partial charge in [0.05, 0.1) is 5.92 Å². The molecule has 0 aromatic carbocycles. The van der Waals surface area contributed by atoms with Gasteiger partial charge < -0.3 is 15.6 Å². The summed E-state index contributed by atoms with van der Waals surface area (Å²) >= 11 is 0. The van der Waals surface area contributed by atoms with E-state index in [9.17, 15) is 9.59 Å². The summed E-state index contributed by atoms with van der Waals surface area (Å²) in [5.74, 6) is -1.78. The van der Waals surface area contributed by atoms with Crippen molar-refractivity contribution in [2.45, 2.75) is 44.8 Å². The molecule has 0 spiro atoms. The summed E-state index contributed by atoms with van der Waals surface area (Å²) in [4.78, 5) is 22.2. The predicted octanol–water partition coefficient (Wildman–Crippen LogP) is 0.520. The molecule has 0 unspecified atom stereocenters. The molecular weight excluding hydrogens is 198 g/mol. The summed E-state index contributed by atoms with van der Waals surface area (Å²) in [7, 11) is 0. The van der Waals surface area contributed by atoms with Gasteiger partial charge in [-0.15, -0.1) is 0 Å². The van der Waals surface area contributed by atoms with Crippen molar-refractivity contribution in [3.05, 3.63) is 0 Å². The molecule has 0 aliphatic heterocycles. The molecule has 5 nitrogen and oxygen atoms in total. The van der Waals surface area contributed by atoms with Crippen molar-refractivity contribution in [1.82, 2.24) is 0 Å². The molecule has 0 heterocycles. The zero-order valence-corrected chi connectivity index (χ0v) is 9.24. The Bertz CT molecular complexity index is 286. The maximum atomic E-state index is 11.5. The highest BCUT2D eigenvalue weighted by Gasteiger charge is 2.51. The zero-order valence-electron chi connectivity index (χ0n) is 9.24. The van der Waals surface area contributed by atoms with Crippen molar-refractivity contribution in [2.75, 3.05) is 0 Å². The fraction of sp³-hybridized carbons (Fsp3) is 0.800. The molecule has 0 bridgehead atoms. The van der Waals surface area contributed by atoms with Gasteiger partial charge in [0.15, 0.2) is 0 Å². The van der Waals surface area contributed by atoms with E-state index in [4.69, 9.17) is 15.6 Å². The Morgan fingerprint density at radius 2 is 1.87 bits per heavy atom. The van der Waals surface area contributed by atoms with Crippen LogP contribution in [0.3, 0.4) is 0 Å². The van der Waals surface area contributed by atoms with Crippen LogP contribution in [0.4, 0.5) is 0 Å². The summed E-state index contributed by atoms with van der Waals surface area (Å²) < 4.78 is 5.13. The SMILES string of the molecule is CC(C)(C)OC(=O)C1CC(N)(C(=O)O)C1. The lowest BCUT2D eigenvalue weighted by Crippen LogP contribution is -2.60. The Morgan fingerprint density at radius 1 is 1.40 bits per heavy atom.